The van der Waals surface area contributed by atoms with Crippen molar-refractivity contribution < 1.29 is 23.7 Å². The predicted molar refractivity (Wildman–Crippen MR) is 208 cm³/mol. The van der Waals surface area contributed by atoms with Crippen LogP contribution in [0.4, 0.5) is 0 Å². The van der Waals surface area contributed by atoms with E-state index in [2.05, 4.69) is 25.8 Å². The molecule has 0 amide bonds. The van der Waals surface area contributed by atoms with Gasteiger partial charge >= 0.3 is 5.97 Å². The van der Waals surface area contributed by atoms with Crippen LogP contribution in [0, 0.1) is 0 Å². The Morgan fingerprint density at radius 2 is 0.960 bits per heavy atom. The fourth-order valence-electron chi connectivity index (χ4n) is 5.72. The topological polar surface area (TPSA) is 66.9 Å². The number of carbonyl (C=O) groups excluding carboxylic acids is 1. The number of esters is 1. The highest BCUT2D eigenvalue weighted by atomic mass is 16.5. The van der Waals surface area contributed by atoms with Crippen LogP contribution in [-0.4, -0.2) is 30.8 Å². The van der Waals surface area contributed by atoms with E-state index >= 15 is 0 Å². The van der Waals surface area contributed by atoms with E-state index in [0.29, 0.717) is 48.4 Å². The van der Waals surface area contributed by atoms with Crippen molar-refractivity contribution >= 4 is 18.1 Å². The molecule has 0 aliphatic carbocycles. The van der Waals surface area contributed by atoms with Crippen LogP contribution in [0.3, 0.4) is 0 Å². The zero-order valence-corrected chi connectivity index (χ0v) is 31.3. The Balaban J connectivity index is 1.75. The van der Waals surface area contributed by atoms with Gasteiger partial charge in [-0.2, -0.15) is 0 Å². The van der Waals surface area contributed by atoms with E-state index in [1.54, 1.807) is 24.5 Å². The summed E-state index contributed by atoms with van der Waals surface area (Å²) in [6, 6.07) is 14.9. The van der Waals surface area contributed by atoms with Crippen molar-refractivity contribution in [3.63, 3.8) is 0 Å². The van der Waals surface area contributed by atoms with Crippen molar-refractivity contribution in [3.05, 3.63) is 77.6 Å². The molecule has 0 aliphatic heterocycles. The summed E-state index contributed by atoms with van der Waals surface area (Å²) >= 11 is 0. The van der Waals surface area contributed by atoms with E-state index in [0.717, 1.165) is 49.7 Å². The van der Waals surface area contributed by atoms with E-state index in [4.69, 9.17) is 18.9 Å². The maximum absolute atomic E-state index is 13.6. The average Bonchev–Trinajstić information content (AvgIpc) is 3.14. The van der Waals surface area contributed by atoms with Gasteiger partial charge in [0, 0.05) is 12.4 Å². The van der Waals surface area contributed by atoms with Gasteiger partial charge in [-0.05, 0) is 66.8 Å². The summed E-state index contributed by atoms with van der Waals surface area (Å²) in [4.78, 5) is 17.6. The van der Waals surface area contributed by atoms with Crippen LogP contribution in [-0.2, 0) is 0 Å². The molecule has 0 unspecified atom stereocenters. The number of unbranched alkanes of at least 4 members (excludes halogenated alkanes) is 15. The fourth-order valence-corrected chi connectivity index (χ4v) is 5.72. The second kappa shape index (κ2) is 26.1. The lowest BCUT2D eigenvalue weighted by atomic mass is 10.1. The molecule has 0 aliphatic rings. The van der Waals surface area contributed by atoms with Crippen LogP contribution in [0.1, 0.15) is 158 Å². The number of hydrogen-bond acceptors (Lipinski definition) is 6. The van der Waals surface area contributed by atoms with Gasteiger partial charge in [-0.25, -0.2) is 4.79 Å². The smallest absolute Gasteiger partial charge is 0.343 e. The fraction of sp³-hybridized carbons (Fsp3) is 0.545. The molecule has 0 saturated carbocycles. The van der Waals surface area contributed by atoms with E-state index < -0.39 is 5.97 Å². The molecule has 6 heteroatoms. The monoisotopic (exact) mass is 685 g/mol. The van der Waals surface area contributed by atoms with Gasteiger partial charge in [0.25, 0.3) is 0 Å². The number of rotatable bonds is 28. The molecule has 0 spiro atoms. The highest BCUT2D eigenvalue weighted by Crippen LogP contribution is 2.40. The minimum Gasteiger partial charge on any atom is -0.490 e. The zero-order chi connectivity index (χ0) is 35.5. The average molecular weight is 686 g/mol. The van der Waals surface area contributed by atoms with E-state index in [1.165, 1.54) is 77.0 Å². The maximum atomic E-state index is 13.6. The lowest BCUT2D eigenvalue weighted by Gasteiger charge is -2.19. The number of aromatic nitrogens is 1. The van der Waals surface area contributed by atoms with Crippen LogP contribution in [0.25, 0.3) is 12.2 Å². The third-order valence-corrected chi connectivity index (χ3v) is 8.78. The Morgan fingerprint density at radius 3 is 1.44 bits per heavy atom. The second-order valence-electron chi connectivity index (χ2n) is 13.2. The number of nitrogens with zero attached hydrogens (tertiary/aromatic N) is 1. The molecule has 1 aromatic heterocycles. The van der Waals surface area contributed by atoms with Crippen LogP contribution < -0.4 is 18.9 Å². The first-order chi connectivity index (χ1) is 24.6. The van der Waals surface area contributed by atoms with Gasteiger partial charge in [0.2, 0.25) is 5.75 Å². The maximum Gasteiger partial charge on any atom is 0.343 e. The summed E-state index contributed by atoms with van der Waals surface area (Å²) in [6.45, 7) is 8.41. The van der Waals surface area contributed by atoms with Crippen LogP contribution >= 0.6 is 0 Å². The number of hydrogen-bond donors (Lipinski definition) is 0. The lowest BCUT2D eigenvalue weighted by molar-refractivity contribution is 0.0733. The number of carbonyl (C=O) groups is 1. The molecule has 3 aromatic rings. The van der Waals surface area contributed by atoms with Gasteiger partial charge < -0.3 is 18.9 Å². The Kier molecular flexibility index (Phi) is 21.2. The first kappa shape index (κ1) is 40.6. The van der Waals surface area contributed by atoms with Gasteiger partial charge in [-0.1, -0.05) is 141 Å². The molecule has 2 aromatic carbocycles. The van der Waals surface area contributed by atoms with E-state index in [9.17, 15) is 4.79 Å². The molecule has 0 atom stereocenters. The van der Waals surface area contributed by atoms with Crippen molar-refractivity contribution in [3.8, 4) is 23.0 Å². The van der Waals surface area contributed by atoms with Gasteiger partial charge in [0.1, 0.15) is 5.75 Å². The van der Waals surface area contributed by atoms with Crippen molar-refractivity contribution in [2.24, 2.45) is 0 Å². The molecule has 0 fully saturated rings. The third kappa shape index (κ3) is 16.7. The molecular formula is C44H63NO5. The van der Waals surface area contributed by atoms with Gasteiger partial charge in [-0.15, -0.1) is 0 Å². The molecular weight excluding hydrogens is 622 g/mol. The molecule has 274 valence electrons. The van der Waals surface area contributed by atoms with E-state index in [-0.39, 0.29) is 0 Å². The summed E-state index contributed by atoms with van der Waals surface area (Å²) in [6.07, 6.45) is 28.7. The molecule has 0 radical (unpaired) electrons. The minimum absolute atomic E-state index is 0.384. The van der Waals surface area contributed by atoms with Crippen LogP contribution in [0.15, 0.2) is 60.9 Å². The summed E-state index contributed by atoms with van der Waals surface area (Å²) in [5, 5.41) is 0. The van der Waals surface area contributed by atoms with Crippen molar-refractivity contribution in [1.29, 1.82) is 0 Å². The Bertz CT molecular complexity index is 1300. The second-order valence-corrected chi connectivity index (χ2v) is 13.2. The Labute approximate surface area is 303 Å². The van der Waals surface area contributed by atoms with Crippen LogP contribution in [0.2, 0.25) is 0 Å². The van der Waals surface area contributed by atoms with Crippen molar-refractivity contribution in [2.45, 2.75) is 136 Å². The molecule has 6 nitrogen and oxygen atoms in total. The molecule has 0 N–H and O–H groups in total. The minimum atomic E-state index is -0.457. The summed E-state index contributed by atoms with van der Waals surface area (Å²) in [5.41, 5.74) is 2.46. The molecule has 1 heterocycles. The highest BCUT2D eigenvalue weighted by molar-refractivity contribution is 5.92. The standard InChI is InChI=1S/C44H63NO5/c1-4-7-10-13-16-19-32-47-41-35-39(44(46)50-40-26-24-37(25-27-40)22-23-38-28-30-45-31-29-38)36-42(48-33-20-17-14-11-8-5-2)43(41)49-34-21-18-15-12-9-6-3/h22-31,35-36H,4-21,32-34H2,1-3H3/b23-22+. The Hall–Kier alpha value is -3.80. The summed E-state index contributed by atoms with van der Waals surface area (Å²) in [7, 11) is 0. The predicted octanol–water partition coefficient (Wildman–Crippen LogP) is 12.7. The molecule has 50 heavy (non-hydrogen) atoms. The van der Waals surface area contributed by atoms with Crippen molar-refractivity contribution in [2.75, 3.05) is 19.8 Å². The first-order valence-electron chi connectivity index (χ1n) is 19.6. The normalized spacial score (nSPS) is 11.2. The summed E-state index contributed by atoms with van der Waals surface area (Å²) in [5.74, 6) is 1.71. The van der Waals surface area contributed by atoms with Gasteiger partial charge in [0.15, 0.2) is 11.5 Å². The lowest BCUT2D eigenvalue weighted by Crippen LogP contribution is -2.12. The molecule has 0 bridgehead atoms. The number of benzene rings is 2. The quantitative estimate of drug-likeness (QED) is 0.0430. The SMILES string of the molecule is CCCCCCCCOc1cc(C(=O)Oc2ccc(/C=C/c3ccncc3)cc2)cc(OCCCCCCCC)c1OCCCCCCCC. The molecule has 0 saturated heterocycles. The zero-order valence-electron chi connectivity index (χ0n) is 31.3. The Morgan fingerprint density at radius 1 is 0.540 bits per heavy atom. The number of ether oxygens (including phenoxy) is 4. The van der Waals surface area contributed by atoms with E-state index in [1.807, 2.05) is 48.6 Å². The first-order valence-corrected chi connectivity index (χ1v) is 19.6. The number of pyridine rings is 1. The van der Waals surface area contributed by atoms with Gasteiger partial charge in [0.05, 0.1) is 25.4 Å². The third-order valence-electron chi connectivity index (χ3n) is 8.78. The van der Waals surface area contributed by atoms with Crippen molar-refractivity contribution in [1.82, 2.24) is 4.98 Å². The molecule has 3 rings (SSSR count). The van der Waals surface area contributed by atoms with Gasteiger partial charge in [-0.3, -0.25) is 4.98 Å². The highest BCUT2D eigenvalue weighted by Gasteiger charge is 2.20. The summed E-state index contributed by atoms with van der Waals surface area (Å²) < 4.78 is 25.0. The van der Waals surface area contributed by atoms with Crippen LogP contribution in [0.5, 0.6) is 23.0 Å². The largest absolute Gasteiger partial charge is 0.490 e.